The Kier molecular flexibility index (Phi) is 1.63. The van der Waals surface area contributed by atoms with Crippen LogP contribution in [-0.4, -0.2) is 19.1 Å². The van der Waals surface area contributed by atoms with Gasteiger partial charge in [0.2, 0.25) is 0 Å². The molecule has 0 saturated carbocycles. The zero-order chi connectivity index (χ0) is 8.39. The van der Waals surface area contributed by atoms with Crippen molar-refractivity contribution in [3.63, 3.8) is 0 Å². The molecule has 60 valence electrons. The van der Waals surface area contributed by atoms with Gasteiger partial charge in [0.1, 0.15) is 24.3 Å². The summed E-state index contributed by atoms with van der Waals surface area (Å²) in [5.41, 5.74) is 1.35. The van der Waals surface area contributed by atoms with Crippen LogP contribution in [0.2, 0.25) is 0 Å². The first kappa shape index (κ1) is 7.03. The Labute approximate surface area is 69.7 Å². The van der Waals surface area contributed by atoms with Gasteiger partial charge >= 0.3 is 0 Å². The smallest absolute Gasteiger partial charge is 0.150 e. The van der Waals surface area contributed by atoms with Crippen LogP contribution in [0.3, 0.4) is 0 Å². The molecule has 3 nitrogen and oxygen atoms in total. The van der Waals surface area contributed by atoms with E-state index in [0.29, 0.717) is 12.2 Å². The highest BCUT2D eigenvalue weighted by atomic mass is 16.5. The van der Waals surface area contributed by atoms with Gasteiger partial charge in [-0.25, -0.2) is 0 Å². The maximum Gasteiger partial charge on any atom is 0.150 e. The van der Waals surface area contributed by atoms with Crippen LogP contribution in [0.5, 0.6) is 5.75 Å². The summed E-state index contributed by atoms with van der Waals surface area (Å²) in [6.07, 6.45) is 2.47. The summed E-state index contributed by atoms with van der Waals surface area (Å²) in [6, 6.07) is 5.18. The van der Waals surface area contributed by atoms with Crippen molar-refractivity contribution < 1.29 is 9.53 Å². The molecule has 0 aromatic heterocycles. The third-order valence-electron chi connectivity index (χ3n) is 1.66. The summed E-state index contributed by atoms with van der Waals surface area (Å²) in [4.78, 5) is 14.5. The van der Waals surface area contributed by atoms with Gasteiger partial charge in [0, 0.05) is 11.8 Å². The Bertz CT molecular complexity index is 344. The molecule has 0 atom stereocenters. The minimum absolute atomic E-state index is 0.507. The molecule has 0 unspecified atom stereocenters. The number of ether oxygens (including phenoxy) is 1. The van der Waals surface area contributed by atoms with Crippen molar-refractivity contribution in [2.24, 2.45) is 4.99 Å². The van der Waals surface area contributed by atoms with Crippen LogP contribution >= 0.6 is 0 Å². The van der Waals surface area contributed by atoms with Gasteiger partial charge in [-0.3, -0.25) is 9.79 Å². The predicted octanol–water partition coefficient (Wildman–Crippen LogP) is 1.59. The summed E-state index contributed by atoms with van der Waals surface area (Å²) in [5, 5.41) is 0. The number of hydrogen-bond donors (Lipinski definition) is 0. The molecule has 1 aromatic rings. The molecule has 0 radical (unpaired) electrons. The van der Waals surface area contributed by atoms with Gasteiger partial charge in [-0.2, -0.15) is 0 Å². The highest BCUT2D eigenvalue weighted by molar-refractivity contribution is 5.80. The SMILES string of the molecule is O=Cc1ccc2c(c1)N=CCO2. The normalized spacial score (nSPS) is 13.3. The van der Waals surface area contributed by atoms with Crippen molar-refractivity contribution in [2.75, 3.05) is 6.61 Å². The van der Waals surface area contributed by atoms with E-state index in [0.717, 1.165) is 17.7 Å². The second-order valence-corrected chi connectivity index (χ2v) is 2.47. The fourth-order valence-corrected chi connectivity index (χ4v) is 1.09. The van der Waals surface area contributed by atoms with E-state index < -0.39 is 0 Å². The Morgan fingerprint density at radius 3 is 3.25 bits per heavy atom. The molecule has 0 aliphatic carbocycles. The molecule has 0 bridgehead atoms. The average Bonchev–Trinajstić information content (AvgIpc) is 2.17. The van der Waals surface area contributed by atoms with Crippen molar-refractivity contribution in [3.05, 3.63) is 23.8 Å². The van der Waals surface area contributed by atoms with Crippen LogP contribution in [0, 0.1) is 0 Å². The monoisotopic (exact) mass is 161 g/mol. The minimum atomic E-state index is 0.507. The summed E-state index contributed by atoms with van der Waals surface area (Å²) in [5.74, 6) is 0.739. The van der Waals surface area contributed by atoms with Gasteiger partial charge in [0.15, 0.2) is 0 Å². The third kappa shape index (κ3) is 1.09. The van der Waals surface area contributed by atoms with Crippen molar-refractivity contribution in [2.45, 2.75) is 0 Å². The Hall–Kier alpha value is -1.64. The van der Waals surface area contributed by atoms with E-state index in [1.54, 1.807) is 24.4 Å². The number of aldehydes is 1. The first-order valence-corrected chi connectivity index (χ1v) is 3.65. The summed E-state index contributed by atoms with van der Waals surface area (Å²) >= 11 is 0. The highest BCUT2D eigenvalue weighted by Gasteiger charge is 2.06. The second-order valence-electron chi connectivity index (χ2n) is 2.47. The lowest BCUT2D eigenvalue weighted by molar-refractivity contribution is 0.112. The van der Waals surface area contributed by atoms with E-state index in [2.05, 4.69) is 4.99 Å². The zero-order valence-electron chi connectivity index (χ0n) is 6.36. The number of carbonyl (C=O) groups excluding carboxylic acids is 1. The molecule has 0 spiro atoms. The maximum absolute atomic E-state index is 10.4. The lowest BCUT2D eigenvalue weighted by atomic mass is 10.2. The topological polar surface area (TPSA) is 38.7 Å². The van der Waals surface area contributed by atoms with Crippen LogP contribution in [0.4, 0.5) is 5.69 Å². The molecule has 0 fully saturated rings. The van der Waals surface area contributed by atoms with Crippen LogP contribution in [0.15, 0.2) is 23.2 Å². The predicted molar refractivity (Wildman–Crippen MR) is 45.5 cm³/mol. The van der Waals surface area contributed by atoms with Crippen molar-refractivity contribution in [1.29, 1.82) is 0 Å². The van der Waals surface area contributed by atoms with E-state index in [1.807, 2.05) is 0 Å². The minimum Gasteiger partial charge on any atom is -0.486 e. The zero-order valence-corrected chi connectivity index (χ0v) is 6.36. The Morgan fingerprint density at radius 2 is 2.42 bits per heavy atom. The largest absolute Gasteiger partial charge is 0.486 e. The van der Waals surface area contributed by atoms with E-state index in [-0.39, 0.29) is 0 Å². The highest BCUT2D eigenvalue weighted by Crippen LogP contribution is 2.29. The number of hydrogen-bond acceptors (Lipinski definition) is 3. The van der Waals surface area contributed by atoms with Gasteiger partial charge in [-0.15, -0.1) is 0 Å². The molecule has 1 aliphatic rings. The quantitative estimate of drug-likeness (QED) is 0.586. The number of nitrogens with zero attached hydrogens (tertiary/aromatic N) is 1. The standard InChI is InChI=1S/C9H7NO2/c11-6-7-1-2-9-8(5-7)10-3-4-12-9/h1-3,5-6H,4H2. The molecule has 12 heavy (non-hydrogen) atoms. The molecule has 1 aromatic carbocycles. The van der Waals surface area contributed by atoms with Crippen LogP contribution in [0.25, 0.3) is 0 Å². The molecular weight excluding hydrogens is 154 g/mol. The van der Waals surface area contributed by atoms with Crippen LogP contribution in [0.1, 0.15) is 10.4 Å². The van der Waals surface area contributed by atoms with Gasteiger partial charge < -0.3 is 4.74 Å². The maximum atomic E-state index is 10.4. The molecule has 1 heterocycles. The summed E-state index contributed by atoms with van der Waals surface area (Å²) in [6.45, 7) is 0.507. The molecule has 0 N–H and O–H groups in total. The number of carbonyl (C=O) groups is 1. The number of fused-ring (bicyclic) bond motifs is 1. The van der Waals surface area contributed by atoms with Crippen LogP contribution < -0.4 is 4.74 Å². The molecule has 0 saturated heterocycles. The fraction of sp³-hybridized carbons (Fsp3) is 0.111. The first-order chi connectivity index (χ1) is 5.90. The fourth-order valence-electron chi connectivity index (χ4n) is 1.09. The van der Waals surface area contributed by atoms with Gasteiger partial charge in [-0.1, -0.05) is 0 Å². The van der Waals surface area contributed by atoms with Crippen molar-refractivity contribution in [1.82, 2.24) is 0 Å². The molecule has 1 aliphatic heterocycles. The van der Waals surface area contributed by atoms with Gasteiger partial charge in [0.25, 0.3) is 0 Å². The van der Waals surface area contributed by atoms with Crippen molar-refractivity contribution in [3.8, 4) is 5.75 Å². The number of aliphatic imine (C=N–C) groups is 1. The third-order valence-corrected chi connectivity index (χ3v) is 1.66. The number of benzene rings is 1. The molecule has 0 amide bonds. The second kappa shape index (κ2) is 2.77. The Balaban J connectivity index is 2.51. The summed E-state index contributed by atoms with van der Waals surface area (Å²) in [7, 11) is 0. The van der Waals surface area contributed by atoms with E-state index in [4.69, 9.17) is 4.74 Å². The molecule has 3 heteroatoms. The van der Waals surface area contributed by atoms with Gasteiger partial charge in [0.05, 0.1) is 0 Å². The van der Waals surface area contributed by atoms with Crippen molar-refractivity contribution >= 4 is 18.2 Å². The first-order valence-electron chi connectivity index (χ1n) is 3.65. The average molecular weight is 161 g/mol. The molecular formula is C9H7NO2. The van der Waals surface area contributed by atoms with Crippen LogP contribution in [-0.2, 0) is 0 Å². The van der Waals surface area contributed by atoms with E-state index >= 15 is 0 Å². The summed E-state index contributed by atoms with van der Waals surface area (Å²) < 4.78 is 5.26. The molecule has 2 rings (SSSR count). The van der Waals surface area contributed by atoms with Gasteiger partial charge in [-0.05, 0) is 18.2 Å². The number of rotatable bonds is 1. The Morgan fingerprint density at radius 1 is 1.50 bits per heavy atom. The lowest BCUT2D eigenvalue weighted by Crippen LogP contribution is -2.02. The van der Waals surface area contributed by atoms with E-state index in [1.165, 1.54) is 0 Å². The van der Waals surface area contributed by atoms with E-state index in [9.17, 15) is 4.79 Å². The lowest BCUT2D eigenvalue weighted by Gasteiger charge is -2.10.